The van der Waals surface area contributed by atoms with E-state index < -0.39 is 0 Å². The van der Waals surface area contributed by atoms with Crippen LogP contribution in [0.3, 0.4) is 0 Å². The average Bonchev–Trinajstić information content (AvgIpc) is 3.44. The number of halogens is 1. The number of oxazole rings is 1. The number of hydrogen-bond acceptors (Lipinski definition) is 5. The van der Waals surface area contributed by atoms with Crippen LogP contribution in [0.5, 0.6) is 5.75 Å². The van der Waals surface area contributed by atoms with Crippen molar-refractivity contribution in [2.24, 2.45) is 0 Å². The van der Waals surface area contributed by atoms with Crippen LogP contribution in [0.15, 0.2) is 76.4 Å². The van der Waals surface area contributed by atoms with Crippen LogP contribution < -0.4 is 10.3 Å². The fraction of sp³-hybridized carbons (Fsp3) is 0.125. The summed E-state index contributed by atoms with van der Waals surface area (Å²) in [5.41, 5.74) is 3.64. The Hall–Kier alpha value is -4.20. The van der Waals surface area contributed by atoms with E-state index in [0.717, 1.165) is 28.7 Å². The number of hydrogen-bond donors (Lipinski definition) is 1. The molecule has 0 radical (unpaired) electrons. The highest BCUT2D eigenvalue weighted by molar-refractivity contribution is 5.80. The fourth-order valence-corrected chi connectivity index (χ4v) is 3.48. The zero-order valence-corrected chi connectivity index (χ0v) is 17.2. The van der Waals surface area contributed by atoms with Gasteiger partial charge in [0.05, 0.1) is 22.4 Å². The molecule has 0 bridgehead atoms. The van der Waals surface area contributed by atoms with Crippen LogP contribution in [0.25, 0.3) is 28.3 Å². The highest BCUT2D eigenvalue weighted by atomic mass is 19.1. The second kappa shape index (κ2) is 8.14. The van der Waals surface area contributed by atoms with Crippen LogP contribution in [-0.2, 0) is 13.0 Å². The topological polar surface area (TPSA) is 85.9 Å². The maximum absolute atomic E-state index is 13.0. The third kappa shape index (κ3) is 3.78. The van der Waals surface area contributed by atoms with Gasteiger partial charge in [0.15, 0.2) is 18.0 Å². The molecule has 3 heterocycles. The number of nitrogens with one attached hydrogen (secondary N) is 1. The summed E-state index contributed by atoms with van der Waals surface area (Å²) in [6, 6.07) is 14.7. The number of benzene rings is 2. The minimum Gasteiger partial charge on any atom is -0.489 e. The van der Waals surface area contributed by atoms with Crippen molar-refractivity contribution < 1.29 is 13.5 Å². The normalized spacial score (nSPS) is 11.2. The van der Waals surface area contributed by atoms with Crippen LogP contribution in [0.1, 0.15) is 18.2 Å². The fourth-order valence-electron chi connectivity index (χ4n) is 3.48. The van der Waals surface area contributed by atoms with Gasteiger partial charge in [0.25, 0.3) is 5.56 Å². The Morgan fingerprint density at radius 2 is 1.97 bits per heavy atom. The number of imidazole rings is 1. The molecular formula is C24H19FN4O3. The van der Waals surface area contributed by atoms with Gasteiger partial charge in [-0.25, -0.2) is 14.4 Å². The summed E-state index contributed by atoms with van der Waals surface area (Å²) in [6.07, 6.45) is 3.80. The van der Waals surface area contributed by atoms with E-state index in [2.05, 4.69) is 15.0 Å². The number of nitrogens with zero attached hydrogens (tertiary/aromatic N) is 3. The molecule has 2 aromatic carbocycles. The van der Waals surface area contributed by atoms with Gasteiger partial charge >= 0.3 is 0 Å². The quantitative estimate of drug-likeness (QED) is 0.424. The Kier molecular flexibility index (Phi) is 5.03. The molecule has 5 aromatic rings. The highest BCUT2D eigenvalue weighted by Gasteiger charge is 2.14. The first-order valence-electron chi connectivity index (χ1n) is 10.1. The lowest BCUT2D eigenvalue weighted by atomic mass is 10.2. The summed E-state index contributed by atoms with van der Waals surface area (Å²) in [5.74, 6) is 1.36. The first-order valence-corrected chi connectivity index (χ1v) is 10.1. The van der Waals surface area contributed by atoms with Gasteiger partial charge in [0, 0.05) is 12.3 Å². The molecule has 1 N–H and O–H groups in total. The van der Waals surface area contributed by atoms with Crippen molar-refractivity contribution in [1.82, 2.24) is 19.5 Å². The first kappa shape index (κ1) is 19.7. The molecule has 160 valence electrons. The predicted molar refractivity (Wildman–Crippen MR) is 117 cm³/mol. The molecule has 3 aromatic heterocycles. The molecule has 0 aliphatic heterocycles. The molecule has 5 rings (SSSR count). The predicted octanol–water partition coefficient (Wildman–Crippen LogP) is 4.65. The standard InChI is InChI=1S/C24H19FN4O3/c1-2-19-23(32-14-26-19)24-27-20-8-7-17(11-21(20)28-24)29-10-9-18(12-22(29)30)31-13-15-3-5-16(25)6-4-15/h3-12,14H,2,13H2,1H3,(H,27,28). The second-order valence-corrected chi connectivity index (χ2v) is 7.25. The third-order valence-corrected chi connectivity index (χ3v) is 5.14. The van der Waals surface area contributed by atoms with E-state index in [9.17, 15) is 9.18 Å². The highest BCUT2D eigenvalue weighted by Crippen LogP contribution is 2.25. The van der Waals surface area contributed by atoms with E-state index in [1.807, 2.05) is 25.1 Å². The summed E-state index contributed by atoms with van der Waals surface area (Å²) in [7, 11) is 0. The molecule has 0 fully saturated rings. The maximum Gasteiger partial charge on any atom is 0.258 e. The molecule has 0 saturated carbocycles. The Morgan fingerprint density at radius 1 is 1.12 bits per heavy atom. The lowest BCUT2D eigenvalue weighted by molar-refractivity contribution is 0.305. The largest absolute Gasteiger partial charge is 0.489 e. The van der Waals surface area contributed by atoms with Crippen molar-refractivity contribution in [2.45, 2.75) is 20.0 Å². The van der Waals surface area contributed by atoms with Crippen LogP contribution in [0, 0.1) is 5.82 Å². The van der Waals surface area contributed by atoms with Gasteiger partial charge in [-0.05, 0) is 48.4 Å². The molecule has 32 heavy (non-hydrogen) atoms. The molecule has 0 unspecified atom stereocenters. The zero-order chi connectivity index (χ0) is 22.1. The van der Waals surface area contributed by atoms with E-state index in [1.54, 1.807) is 24.4 Å². The first-order chi connectivity index (χ1) is 15.6. The van der Waals surface area contributed by atoms with Crippen molar-refractivity contribution in [3.05, 3.63) is 94.6 Å². The number of aromatic amines is 1. The number of pyridine rings is 1. The van der Waals surface area contributed by atoms with E-state index in [4.69, 9.17) is 9.15 Å². The van der Waals surface area contributed by atoms with Crippen LogP contribution in [0.4, 0.5) is 4.39 Å². The van der Waals surface area contributed by atoms with Gasteiger partial charge in [-0.15, -0.1) is 0 Å². The van der Waals surface area contributed by atoms with Crippen LogP contribution in [0.2, 0.25) is 0 Å². The van der Waals surface area contributed by atoms with Gasteiger partial charge in [-0.1, -0.05) is 19.1 Å². The summed E-state index contributed by atoms with van der Waals surface area (Å²) < 4.78 is 25.7. The number of aryl methyl sites for hydroxylation is 1. The van der Waals surface area contributed by atoms with Gasteiger partial charge < -0.3 is 14.1 Å². The number of fused-ring (bicyclic) bond motifs is 1. The summed E-state index contributed by atoms with van der Waals surface area (Å²) in [5, 5.41) is 0. The molecule has 0 amide bonds. The van der Waals surface area contributed by atoms with Crippen molar-refractivity contribution in [3.63, 3.8) is 0 Å². The summed E-state index contributed by atoms with van der Waals surface area (Å²) in [4.78, 5) is 24.7. The summed E-state index contributed by atoms with van der Waals surface area (Å²) >= 11 is 0. The van der Waals surface area contributed by atoms with Crippen LogP contribution in [-0.4, -0.2) is 19.5 Å². The maximum atomic E-state index is 13.0. The number of ether oxygens (including phenoxy) is 1. The molecule has 0 atom stereocenters. The molecule has 8 heteroatoms. The smallest absolute Gasteiger partial charge is 0.258 e. The van der Waals surface area contributed by atoms with Gasteiger partial charge in [-0.2, -0.15) is 0 Å². The molecule has 0 aliphatic carbocycles. The van der Waals surface area contributed by atoms with E-state index in [1.165, 1.54) is 29.2 Å². The molecular weight excluding hydrogens is 411 g/mol. The minimum absolute atomic E-state index is 0.232. The lowest BCUT2D eigenvalue weighted by Gasteiger charge is -2.09. The van der Waals surface area contributed by atoms with Crippen molar-refractivity contribution in [2.75, 3.05) is 0 Å². The lowest BCUT2D eigenvalue weighted by Crippen LogP contribution is -2.16. The van der Waals surface area contributed by atoms with Crippen molar-refractivity contribution >= 4 is 11.0 Å². The Bertz CT molecular complexity index is 1450. The van der Waals surface area contributed by atoms with Crippen LogP contribution >= 0.6 is 0 Å². The van der Waals surface area contributed by atoms with E-state index in [0.29, 0.717) is 23.0 Å². The van der Waals surface area contributed by atoms with Crippen molar-refractivity contribution in [1.29, 1.82) is 0 Å². The monoisotopic (exact) mass is 430 g/mol. The van der Waals surface area contributed by atoms with Gasteiger partial charge in [-0.3, -0.25) is 9.36 Å². The number of rotatable bonds is 6. The minimum atomic E-state index is -0.302. The Morgan fingerprint density at radius 3 is 2.75 bits per heavy atom. The Labute approximate surface area is 182 Å². The van der Waals surface area contributed by atoms with E-state index >= 15 is 0 Å². The zero-order valence-electron chi connectivity index (χ0n) is 17.2. The van der Waals surface area contributed by atoms with Gasteiger partial charge in [0.1, 0.15) is 18.2 Å². The van der Waals surface area contributed by atoms with Crippen molar-refractivity contribution in [3.8, 4) is 23.0 Å². The molecule has 0 spiro atoms. The molecule has 7 nitrogen and oxygen atoms in total. The number of aromatic nitrogens is 4. The molecule has 0 saturated heterocycles. The SMILES string of the molecule is CCc1ncoc1-c1nc2ccc(-n3ccc(OCc4ccc(F)cc4)cc3=O)cc2[nH]1. The average molecular weight is 430 g/mol. The molecule has 0 aliphatic rings. The van der Waals surface area contributed by atoms with Gasteiger partial charge in [0.2, 0.25) is 0 Å². The number of H-pyrrole nitrogens is 1. The second-order valence-electron chi connectivity index (χ2n) is 7.25. The third-order valence-electron chi connectivity index (χ3n) is 5.14. The summed E-state index contributed by atoms with van der Waals surface area (Å²) in [6.45, 7) is 2.25. The van der Waals surface area contributed by atoms with E-state index in [-0.39, 0.29) is 18.0 Å². The Balaban J connectivity index is 1.39.